The van der Waals surface area contributed by atoms with Gasteiger partial charge in [-0.3, -0.25) is 4.79 Å². The number of ether oxygens (including phenoxy) is 1. The summed E-state index contributed by atoms with van der Waals surface area (Å²) in [6.45, 7) is 4.46. The molecule has 1 aliphatic rings. The van der Waals surface area contributed by atoms with E-state index in [1.165, 1.54) is 0 Å². The van der Waals surface area contributed by atoms with Crippen molar-refractivity contribution in [2.24, 2.45) is 0 Å². The molecule has 150 valence electrons. The highest BCUT2D eigenvalue weighted by molar-refractivity contribution is 6.05. The Balaban J connectivity index is 1.63. The Morgan fingerprint density at radius 3 is 2.55 bits per heavy atom. The molecule has 6 nitrogen and oxygen atoms in total. The molecule has 0 saturated carbocycles. The van der Waals surface area contributed by atoms with Gasteiger partial charge in [0.15, 0.2) is 0 Å². The molecule has 2 heterocycles. The van der Waals surface area contributed by atoms with Crippen molar-refractivity contribution in [2.45, 2.75) is 25.7 Å². The Kier molecular flexibility index (Phi) is 5.91. The fraction of sp³-hybridized carbons (Fsp3) is 0.304. The van der Waals surface area contributed by atoms with E-state index in [-0.39, 0.29) is 5.91 Å². The second-order valence-electron chi connectivity index (χ2n) is 7.13. The number of benzene rings is 2. The second-order valence-corrected chi connectivity index (χ2v) is 7.13. The van der Waals surface area contributed by atoms with Crippen molar-refractivity contribution in [3.05, 3.63) is 72.1 Å². The zero-order valence-electron chi connectivity index (χ0n) is 16.6. The number of nitrogens with zero attached hydrogens (tertiary/aromatic N) is 2. The molecule has 1 fully saturated rings. The van der Waals surface area contributed by atoms with Gasteiger partial charge in [0, 0.05) is 11.6 Å². The number of carbonyl (C=O) groups is 1. The first kappa shape index (κ1) is 19.2. The lowest BCUT2D eigenvalue weighted by atomic mass is 9.91. The summed E-state index contributed by atoms with van der Waals surface area (Å²) in [5, 5.41) is 11.0. The minimum atomic E-state index is -0.134. The van der Waals surface area contributed by atoms with Crippen LogP contribution in [0, 0.1) is 0 Å². The van der Waals surface area contributed by atoms with E-state index in [1.54, 1.807) is 6.20 Å². The van der Waals surface area contributed by atoms with Crippen LogP contribution in [-0.4, -0.2) is 35.4 Å². The van der Waals surface area contributed by atoms with Crippen LogP contribution < -0.4 is 15.4 Å². The van der Waals surface area contributed by atoms with Gasteiger partial charge in [0.1, 0.15) is 5.75 Å². The van der Waals surface area contributed by atoms with Gasteiger partial charge in [-0.1, -0.05) is 18.2 Å². The molecular weight excluding hydrogens is 364 g/mol. The molecule has 0 spiro atoms. The van der Waals surface area contributed by atoms with Crippen LogP contribution in [0.3, 0.4) is 0 Å². The van der Waals surface area contributed by atoms with Crippen LogP contribution in [0.15, 0.2) is 60.8 Å². The van der Waals surface area contributed by atoms with E-state index < -0.39 is 0 Å². The van der Waals surface area contributed by atoms with Crippen LogP contribution in [-0.2, 0) is 0 Å². The SMILES string of the molecule is CCOc1ccc(NC(=O)c2cnn(-c3ccccc3)c2C2CCNCC2)cc1. The highest BCUT2D eigenvalue weighted by Crippen LogP contribution is 2.30. The van der Waals surface area contributed by atoms with Gasteiger partial charge in [-0.2, -0.15) is 5.10 Å². The third-order valence-electron chi connectivity index (χ3n) is 5.20. The highest BCUT2D eigenvalue weighted by Gasteiger charge is 2.27. The van der Waals surface area contributed by atoms with E-state index >= 15 is 0 Å². The molecule has 2 aromatic carbocycles. The second kappa shape index (κ2) is 8.92. The molecule has 1 aliphatic heterocycles. The largest absolute Gasteiger partial charge is 0.494 e. The maximum Gasteiger partial charge on any atom is 0.259 e. The zero-order chi connectivity index (χ0) is 20.1. The van der Waals surface area contributed by atoms with Gasteiger partial charge in [0.2, 0.25) is 0 Å². The van der Waals surface area contributed by atoms with Crippen molar-refractivity contribution in [2.75, 3.05) is 25.0 Å². The number of hydrogen-bond donors (Lipinski definition) is 2. The number of hydrogen-bond acceptors (Lipinski definition) is 4. The van der Waals surface area contributed by atoms with Crippen LogP contribution in [0.2, 0.25) is 0 Å². The summed E-state index contributed by atoms with van der Waals surface area (Å²) in [5.41, 5.74) is 3.33. The number of amides is 1. The predicted molar refractivity (Wildman–Crippen MR) is 114 cm³/mol. The summed E-state index contributed by atoms with van der Waals surface area (Å²) in [6, 6.07) is 17.4. The van der Waals surface area contributed by atoms with Crippen molar-refractivity contribution in [1.29, 1.82) is 0 Å². The average Bonchev–Trinajstić information content (AvgIpc) is 3.22. The standard InChI is InChI=1S/C23H26N4O2/c1-2-29-20-10-8-18(9-11-20)26-23(28)21-16-25-27(19-6-4-3-5-7-19)22(21)17-12-14-24-15-13-17/h3-11,16-17,24H,2,12-15H2,1H3,(H,26,28). The molecule has 29 heavy (non-hydrogen) atoms. The molecule has 3 aromatic rings. The van der Waals surface area contributed by atoms with Crippen molar-refractivity contribution < 1.29 is 9.53 Å². The lowest BCUT2D eigenvalue weighted by Gasteiger charge is -2.24. The molecule has 0 bridgehead atoms. The fourth-order valence-corrected chi connectivity index (χ4v) is 3.80. The van der Waals surface area contributed by atoms with Gasteiger partial charge >= 0.3 is 0 Å². The van der Waals surface area contributed by atoms with E-state index in [1.807, 2.05) is 66.2 Å². The molecule has 0 unspecified atom stereocenters. The first-order valence-electron chi connectivity index (χ1n) is 10.1. The molecule has 1 aromatic heterocycles. The molecule has 0 aliphatic carbocycles. The molecule has 0 radical (unpaired) electrons. The zero-order valence-corrected chi connectivity index (χ0v) is 16.6. The maximum atomic E-state index is 13.1. The third-order valence-corrected chi connectivity index (χ3v) is 5.20. The number of anilines is 1. The summed E-state index contributed by atoms with van der Waals surface area (Å²) >= 11 is 0. The van der Waals surface area contributed by atoms with E-state index in [4.69, 9.17) is 4.74 Å². The summed E-state index contributed by atoms with van der Waals surface area (Å²) in [6.07, 6.45) is 3.66. The third kappa shape index (κ3) is 4.32. The van der Waals surface area contributed by atoms with Crippen LogP contribution in [0.1, 0.15) is 41.7 Å². The van der Waals surface area contributed by atoms with Gasteiger partial charge in [0.05, 0.1) is 29.7 Å². The molecule has 6 heteroatoms. The van der Waals surface area contributed by atoms with Crippen molar-refractivity contribution in [1.82, 2.24) is 15.1 Å². The Labute approximate surface area is 170 Å². The lowest BCUT2D eigenvalue weighted by Crippen LogP contribution is -2.29. The first-order chi connectivity index (χ1) is 14.3. The van der Waals surface area contributed by atoms with Crippen LogP contribution >= 0.6 is 0 Å². The van der Waals surface area contributed by atoms with Gasteiger partial charge in [-0.15, -0.1) is 0 Å². The Hall–Kier alpha value is -3.12. The normalized spacial score (nSPS) is 14.5. The number of piperidine rings is 1. The number of aromatic nitrogens is 2. The lowest BCUT2D eigenvalue weighted by molar-refractivity contribution is 0.102. The van der Waals surface area contributed by atoms with Crippen LogP contribution in [0.5, 0.6) is 5.75 Å². The fourth-order valence-electron chi connectivity index (χ4n) is 3.80. The van der Waals surface area contributed by atoms with Crippen molar-refractivity contribution in [3.63, 3.8) is 0 Å². The van der Waals surface area contributed by atoms with Crippen LogP contribution in [0.4, 0.5) is 5.69 Å². The Morgan fingerprint density at radius 2 is 1.86 bits per heavy atom. The van der Waals surface area contributed by atoms with Gasteiger partial charge in [-0.05, 0) is 69.3 Å². The Bertz CT molecular complexity index is 945. The predicted octanol–water partition coefficient (Wildman–Crippen LogP) is 3.99. The topological polar surface area (TPSA) is 68.2 Å². The van der Waals surface area contributed by atoms with Crippen LogP contribution in [0.25, 0.3) is 5.69 Å². The first-order valence-corrected chi connectivity index (χ1v) is 10.1. The van der Waals surface area contributed by atoms with Gasteiger partial charge in [-0.25, -0.2) is 4.68 Å². The van der Waals surface area contributed by atoms with E-state index in [9.17, 15) is 4.79 Å². The number of para-hydroxylation sites is 1. The quantitative estimate of drug-likeness (QED) is 0.668. The summed E-state index contributed by atoms with van der Waals surface area (Å²) in [5.74, 6) is 0.947. The van der Waals surface area contributed by atoms with E-state index in [0.29, 0.717) is 18.1 Å². The number of nitrogens with one attached hydrogen (secondary N) is 2. The van der Waals surface area contributed by atoms with E-state index in [2.05, 4.69) is 15.7 Å². The van der Waals surface area contributed by atoms with Gasteiger partial charge in [0.25, 0.3) is 5.91 Å². The smallest absolute Gasteiger partial charge is 0.259 e. The monoisotopic (exact) mass is 390 g/mol. The van der Waals surface area contributed by atoms with Crippen molar-refractivity contribution in [3.8, 4) is 11.4 Å². The molecular formula is C23H26N4O2. The molecule has 1 saturated heterocycles. The highest BCUT2D eigenvalue weighted by atomic mass is 16.5. The molecule has 1 amide bonds. The molecule has 4 rings (SSSR count). The molecule has 2 N–H and O–H groups in total. The van der Waals surface area contributed by atoms with Gasteiger partial charge < -0.3 is 15.4 Å². The summed E-state index contributed by atoms with van der Waals surface area (Å²) in [7, 11) is 0. The minimum absolute atomic E-state index is 0.134. The number of carbonyl (C=O) groups excluding carboxylic acids is 1. The number of rotatable bonds is 6. The molecule has 0 atom stereocenters. The summed E-state index contributed by atoms with van der Waals surface area (Å²) in [4.78, 5) is 13.1. The summed E-state index contributed by atoms with van der Waals surface area (Å²) < 4.78 is 7.39. The van der Waals surface area contributed by atoms with E-state index in [0.717, 1.165) is 48.7 Å². The van der Waals surface area contributed by atoms with Crippen molar-refractivity contribution >= 4 is 11.6 Å². The Morgan fingerprint density at radius 1 is 1.14 bits per heavy atom. The average molecular weight is 390 g/mol. The maximum absolute atomic E-state index is 13.1. The minimum Gasteiger partial charge on any atom is -0.494 e.